The van der Waals surface area contributed by atoms with Gasteiger partial charge in [-0.1, -0.05) is 44.9 Å². The molecule has 3 fully saturated rings. The van der Waals surface area contributed by atoms with E-state index in [1.54, 1.807) is 41.5 Å². The highest BCUT2D eigenvalue weighted by atomic mass is 16.6. The number of cyclic esters (lactones) is 1. The molecule has 16 heteroatoms. The van der Waals surface area contributed by atoms with Crippen LogP contribution in [0.3, 0.4) is 0 Å². The lowest BCUT2D eigenvalue weighted by atomic mass is 9.50. The molecule has 0 radical (unpaired) electrons. The third-order valence-corrected chi connectivity index (χ3v) is 19.1. The number of aromatic nitrogens is 2. The Hall–Kier alpha value is -6.94. The maximum absolute atomic E-state index is 13.8. The summed E-state index contributed by atoms with van der Waals surface area (Å²) in [4.78, 5) is 103. The molecule has 1 N–H and O–H groups in total. The van der Waals surface area contributed by atoms with E-state index in [-0.39, 0.29) is 71.5 Å². The van der Waals surface area contributed by atoms with Crippen molar-refractivity contribution in [3.05, 3.63) is 109 Å². The summed E-state index contributed by atoms with van der Waals surface area (Å²) in [5.74, 6) is -0.156. The van der Waals surface area contributed by atoms with Crippen molar-refractivity contribution < 1.29 is 48.1 Å². The molecule has 0 unspecified atom stereocenters. The average Bonchev–Trinajstić information content (AvgIpc) is 3.59. The van der Waals surface area contributed by atoms with Gasteiger partial charge in [-0.2, -0.15) is 0 Å². The zero-order valence-electron chi connectivity index (χ0n) is 45.8. The number of fused-ring (bicyclic) bond motifs is 9. The Balaban J connectivity index is 0.673. The first-order valence-electron chi connectivity index (χ1n) is 28.2. The highest BCUT2D eigenvalue weighted by molar-refractivity contribution is 5.94. The number of hydrogen-bond donors (Lipinski definition) is 1. The zero-order valence-corrected chi connectivity index (χ0v) is 45.8. The van der Waals surface area contributed by atoms with E-state index < -0.39 is 34.6 Å². The van der Waals surface area contributed by atoms with E-state index in [1.807, 2.05) is 24.0 Å². The summed E-state index contributed by atoms with van der Waals surface area (Å²) in [6.07, 6.45) is 10.1. The zero-order chi connectivity index (χ0) is 55.0. The number of unbranched alkanes of at least 4 members (excludes halogenated alkanes) is 2. The summed E-state index contributed by atoms with van der Waals surface area (Å²) < 4.78 is 18.9. The molecular weight excluding hydrogens is 991 g/mol. The van der Waals surface area contributed by atoms with E-state index in [1.165, 1.54) is 29.2 Å². The molecule has 410 valence electrons. The molecule has 4 aliphatic carbocycles. The number of ketones is 2. The Morgan fingerprint density at radius 3 is 2.37 bits per heavy atom. The van der Waals surface area contributed by atoms with Crippen molar-refractivity contribution in [2.45, 2.75) is 148 Å². The molecule has 0 spiro atoms. The molecule has 0 bridgehead atoms. The van der Waals surface area contributed by atoms with Crippen LogP contribution in [0.25, 0.3) is 22.3 Å². The summed E-state index contributed by atoms with van der Waals surface area (Å²) in [7, 11) is 2.09. The van der Waals surface area contributed by atoms with Gasteiger partial charge >= 0.3 is 18.0 Å². The number of pyridine rings is 2. The maximum Gasteiger partial charge on any atom is 0.415 e. The lowest BCUT2D eigenvalue weighted by molar-refractivity contribution is -0.182. The number of aliphatic hydroxyl groups is 1. The van der Waals surface area contributed by atoms with Crippen molar-refractivity contribution in [3.8, 4) is 17.1 Å². The van der Waals surface area contributed by atoms with E-state index in [4.69, 9.17) is 19.2 Å². The first-order chi connectivity index (χ1) is 37.4. The van der Waals surface area contributed by atoms with E-state index >= 15 is 0 Å². The van der Waals surface area contributed by atoms with E-state index in [9.17, 15) is 38.7 Å². The van der Waals surface area contributed by atoms with Gasteiger partial charge in [0.05, 0.1) is 29.0 Å². The smallest absolute Gasteiger partial charge is 0.415 e. The number of piperazine rings is 1. The minimum Gasteiger partial charge on any atom is -0.458 e. The fraction of sp³-hybridized carbons (Fsp3) is 0.516. The Morgan fingerprint density at radius 2 is 1.65 bits per heavy atom. The number of ether oxygens (including phenoxy) is 3. The van der Waals surface area contributed by atoms with Crippen LogP contribution in [0.5, 0.6) is 5.75 Å². The number of allylic oxidation sites excluding steroid dienone is 4. The fourth-order valence-electron chi connectivity index (χ4n) is 15.0. The molecule has 16 nitrogen and oxygen atoms in total. The highest BCUT2D eigenvalue weighted by Gasteiger charge is 2.67. The largest absolute Gasteiger partial charge is 0.458 e. The number of Topliss-reactive ketones (excluding diaryl/α,β-unsaturated/α-hetero) is 1. The Kier molecular flexibility index (Phi) is 13.9. The average molecular weight is 1060 g/mol. The second-order valence-corrected chi connectivity index (χ2v) is 23.1. The molecule has 6 atom stereocenters. The lowest BCUT2D eigenvalue weighted by Crippen LogP contribution is -2.57. The maximum atomic E-state index is 13.8. The van der Waals surface area contributed by atoms with Crippen LogP contribution in [0.4, 0.5) is 10.5 Å². The van der Waals surface area contributed by atoms with E-state index in [2.05, 4.69) is 43.1 Å². The van der Waals surface area contributed by atoms with Gasteiger partial charge < -0.3 is 38.6 Å². The Morgan fingerprint density at radius 1 is 0.897 bits per heavy atom. The number of nitrogens with zero attached hydrogens (tertiary/aromatic N) is 5. The number of amides is 2. The number of hydrogen-bond acceptors (Lipinski definition) is 13. The van der Waals surface area contributed by atoms with Crippen LogP contribution < -0.4 is 15.2 Å². The second-order valence-electron chi connectivity index (χ2n) is 23.1. The van der Waals surface area contributed by atoms with Gasteiger partial charge in [0.2, 0.25) is 5.91 Å². The normalized spacial score (nSPS) is 26.0. The molecular formula is C62H71N5O11. The van der Waals surface area contributed by atoms with Gasteiger partial charge in [0.25, 0.3) is 5.56 Å². The fourth-order valence-corrected chi connectivity index (χ4v) is 15.0. The van der Waals surface area contributed by atoms with Gasteiger partial charge in [-0.25, -0.2) is 14.6 Å². The first-order valence-corrected chi connectivity index (χ1v) is 28.2. The van der Waals surface area contributed by atoms with E-state index in [0.29, 0.717) is 80.9 Å². The summed E-state index contributed by atoms with van der Waals surface area (Å²) in [5.41, 5.74) is 6.43. The third kappa shape index (κ3) is 8.76. The van der Waals surface area contributed by atoms with Crippen molar-refractivity contribution in [2.75, 3.05) is 44.7 Å². The van der Waals surface area contributed by atoms with E-state index in [0.717, 1.165) is 73.7 Å². The highest BCUT2D eigenvalue weighted by Crippen LogP contribution is 2.68. The van der Waals surface area contributed by atoms with Gasteiger partial charge in [0.1, 0.15) is 12.4 Å². The predicted octanol–water partition coefficient (Wildman–Crippen LogP) is 8.77. The Labute approximate surface area is 454 Å². The molecule has 4 aromatic rings. The number of carbonyl (C=O) groups is 6. The number of esters is 2. The van der Waals surface area contributed by atoms with Crippen LogP contribution in [0, 0.1) is 17.3 Å². The molecule has 2 aromatic carbocycles. The molecule has 2 saturated carbocycles. The van der Waals surface area contributed by atoms with Gasteiger partial charge in [0, 0.05) is 93.1 Å². The van der Waals surface area contributed by atoms with Crippen LogP contribution in [0.2, 0.25) is 0 Å². The van der Waals surface area contributed by atoms with Gasteiger partial charge in [-0.3, -0.25) is 24.0 Å². The SMILES string of the molecule is CCc1c2c(nc3ccc(OC(=O)N4CCN(C(=O)CCCCCN(C)c5ccc([C@H]6C[C@@]7(C)[C@@H](CC[C@]7(OC(C)=O)C(C)=O)[C@@H]7CCC8=CC(=O)CCC8=C76)cc5)CC4)cc13)-c1cc3c(c(=O)n1C2)COC(=O)[C@]3(O)CC. The number of anilines is 1. The molecule has 11 rings (SSSR count). The van der Waals surface area contributed by atoms with Crippen molar-refractivity contribution in [2.24, 2.45) is 17.3 Å². The molecule has 7 aliphatic rings. The van der Waals surface area contributed by atoms with Crippen LogP contribution in [0.15, 0.2) is 76.1 Å². The monoisotopic (exact) mass is 1060 g/mol. The van der Waals surface area contributed by atoms with Crippen molar-refractivity contribution in [1.82, 2.24) is 19.4 Å². The topological polar surface area (TPSA) is 195 Å². The van der Waals surface area contributed by atoms with Crippen LogP contribution in [0.1, 0.15) is 145 Å². The van der Waals surface area contributed by atoms with Gasteiger partial charge in [-0.15, -0.1) is 0 Å². The minimum absolute atomic E-state index is 0.0258. The summed E-state index contributed by atoms with van der Waals surface area (Å²) >= 11 is 0. The van der Waals surface area contributed by atoms with Crippen molar-refractivity contribution >= 4 is 52.1 Å². The summed E-state index contributed by atoms with van der Waals surface area (Å²) in [5, 5.41) is 12.1. The van der Waals surface area contributed by atoms with Crippen molar-refractivity contribution in [3.63, 3.8) is 0 Å². The van der Waals surface area contributed by atoms with Crippen LogP contribution in [-0.4, -0.2) is 105 Å². The number of rotatable bonds is 13. The second kappa shape index (κ2) is 20.4. The molecule has 2 amide bonds. The molecule has 5 heterocycles. The van der Waals surface area contributed by atoms with Crippen LogP contribution >= 0.6 is 0 Å². The van der Waals surface area contributed by atoms with Crippen molar-refractivity contribution in [1.29, 1.82) is 0 Å². The number of benzene rings is 2. The first kappa shape index (κ1) is 53.1. The number of aryl methyl sites for hydroxylation is 1. The Bertz CT molecular complexity index is 3310. The molecule has 78 heavy (non-hydrogen) atoms. The molecule has 2 aromatic heterocycles. The van der Waals surface area contributed by atoms with Gasteiger partial charge in [0.15, 0.2) is 22.8 Å². The molecule has 1 saturated heterocycles. The third-order valence-electron chi connectivity index (χ3n) is 19.1. The van der Waals surface area contributed by atoms with Crippen LogP contribution in [-0.2, 0) is 58.6 Å². The van der Waals surface area contributed by atoms with Gasteiger partial charge in [-0.05, 0) is 148 Å². The summed E-state index contributed by atoms with van der Waals surface area (Å²) in [6.45, 7) is 11.3. The number of carbonyl (C=O) groups excluding carboxylic acids is 6. The molecule has 3 aliphatic heterocycles. The predicted molar refractivity (Wildman–Crippen MR) is 292 cm³/mol. The summed E-state index contributed by atoms with van der Waals surface area (Å²) in [6, 6.07) is 15.8. The quantitative estimate of drug-likeness (QED) is 0.0869. The minimum atomic E-state index is -1.92. The lowest BCUT2D eigenvalue weighted by Gasteiger charge is -2.55. The standard InChI is InChI=1S/C62H71N5O11/c1-7-43-46-31-42(19-22-52(46)63-56-48(43)34-67-53(56)32-51-49(57(67)72)35-76-58(73)61(51,75)8-2)77-59(74)66-28-26-65(27-29-66)54(71)12-10-9-11-25-64(6)40-16-13-38(14-17-40)47-33-60(5)50(23-24-62(60,36(3)68)78-37(4)69)45-20-15-39-30-41(70)18-21-44(39)55(45)47/h13-14,16-17,19,22,30-32,45,47,50,75H,7-12,15,18,20-21,23-29,33-35H2,1-6H3/t45-,47+,50-,60-,61-,62-/m0/s1.